The highest BCUT2D eigenvalue weighted by Crippen LogP contribution is 2.09. The lowest BCUT2D eigenvalue weighted by Gasteiger charge is -2.16. The van der Waals surface area contributed by atoms with E-state index in [1.165, 1.54) is 6.92 Å². The first-order chi connectivity index (χ1) is 10.4. The Labute approximate surface area is 129 Å². The van der Waals surface area contributed by atoms with Crippen molar-refractivity contribution in [2.75, 3.05) is 0 Å². The molecule has 0 saturated heterocycles. The van der Waals surface area contributed by atoms with E-state index >= 15 is 0 Å². The van der Waals surface area contributed by atoms with Crippen LogP contribution in [0.4, 0.5) is 0 Å². The quantitative estimate of drug-likeness (QED) is 0.274. The van der Waals surface area contributed by atoms with Gasteiger partial charge in [0, 0.05) is 26.2 Å². The maximum absolute atomic E-state index is 11.3. The maximum atomic E-state index is 11.3. The Kier molecular flexibility index (Phi) is 10.4. The van der Waals surface area contributed by atoms with E-state index in [0.717, 1.165) is 0 Å². The van der Waals surface area contributed by atoms with Crippen LogP contribution in [0.25, 0.3) is 0 Å². The molecule has 0 aromatic rings. The van der Waals surface area contributed by atoms with Crippen molar-refractivity contribution in [2.24, 2.45) is 0 Å². The van der Waals surface area contributed by atoms with E-state index < -0.39 is 30.2 Å². The predicted octanol–water partition coefficient (Wildman–Crippen LogP) is 1.80. The molecule has 0 aromatic carbocycles. The van der Waals surface area contributed by atoms with Gasteiger partial charge in [0.2, 0.25) is 6.29 Å². The van der Waals surface area contributed by atoms with E-state index in [2.05, 4.69) is 9.78 Å². The molecule has 0 bridgehead atoms. The molecular formula is C14H22O8. The lowest BCUT2D eigenvalue weighted by Crippen LogP contribution is -2.23. The number of hydrogen-bond donors (Lipinski definition) is 0. The van der Waals surface area contributed by atoms with Crippen LogP contribution in [0.3, 0.4) is 0 Å². The van der Waals surface area contributed by atoms with Crippen LogP contribution in [-0.2, 0) is 38.4 Å². The molecule has 0 radical (unpaired) electrons. The molecule has 8 nitrogen and oxygen atoms in total. The summed E-state index contributed by atoms with van der Waals surface area (Å²) in [5.41, 5.74) is 0. The standard InChI is InChI=1S/C14H22O8/c1-4-7-12(17)21-22-13(18)8-6-9-14(19-10(3)15)20-11(16)5-2/h14H,4-9H2,1-3H3. The van der Waals surface area contributed by atoms with Gasteiger partial charge >= 0.3 is 23.9 Å². The topological polar surface area (TPSA) is 105 Å². The Morgan fingerprint density at radius 2 is 1.45 bits per heavy atom. The average molecular weight is 318 g/mol. The summed E-state index contributed by atoms with van der Waals surface area (Å²) in [4.78, 5) is 53.0. The largest absolute Gasteiger partial charge is 0.425 e. The summed E-state index contributed by atoms with van der Waals surface area (Å²) >= 11 is 0. The lowest BCUT2D eigenvalue weighted by molar-refractivity contribution is -0.259. The summed E-state index contributed by atoms with van der Waals surface area (Å²) in [7, 11) is 0. The first kappa shape index (κ1) is 19.9. The van der Waals surface area contributed by atoms with Gasteiger partial charge < -0.3 is 9.47 Å². The molecule has 1 atom stereocenters. The minimum absolute atomic E-state index is 0.0686. The molecule has 126 valence electrons. The Morgan fingerprint density at radius 1 is 0.864 bits per heavy atom. The monoisotopic (exact) mass is 318 g/mol. The minimum atomic E-state index is -1.04. The number of hydrogen-bond acceptors (Lipinski definition) is 8. The fraction of sp³-hybridized carbons (Fsp3) is 0.714. The molecule has 0 rings (SSSR count). The van der Waals surface area contributed by atoms with E-state index in [-0.39, 0.29) is 32.1 Å². The fourth-order valence-corrected chi connectivity index (χ4v) is 1.35. The highest BCUT2D eigenvalue weighted by Gasteiger charge is 2.17. The third kappa shape index (κ3) is 10.6. The van der Waals surface area contributed by atoms with Crippen molar-refractivity contribution >= 4 is 23.9 Å². The van der Waals surface area contributed by atoms with Crippen molar-refractivity contribution in [3.63, 3.8) is 0 Å². The molecule has 22 heavy (non-hydrogen) atoms. The summed E-state index contributed by atoms with van der Waals surface area (Å²) in [6.07, 6.45) is 0.162. The van der Waals surface area contributed by atoms with Gasteiger partial charge in [0.25, 0.3) is 0 Å². The zero-order valence-corrected chi connectivity index (χ0v) is 13.1. The third-order valence-electron chi connectivity index (χ3n) is 2.35. The van der Waals surface area contributed by atoms with E-state index in [9.17, 15) is 19.2 Å². The number of rotatable bonds is 9. The first-order valence-corrected chi connectivity index (χ1v) is 7.15. The van der Waals surface area contributed by atoms with E-state index in [1.54, 1.807) is 13.8 Å². The predicted molar refractivity (Wildman–Crippen MR) is 72.9 cm³/mol. The zero-order chi connectivity index (χ0) is 17.0. The molecule has 0 N–H and O–H groups in total. The number of carbonyl (C=O) groups is 4. The molecule has 0 aliphatic rings. The highest BCUT2D eigenvalue weighted by atomic mass is 17.2. The minimum Gasteiger partial charge on any atom is -0.425 e. The summed E-state index contributed by atoms with van der Waals surface area (Å²) in [5.74, 6) is -2.45. The summed E-state index contributed by atoms with van der Waals surface area (Å²) in [6, 6.07) is 0. The maximum Gasteiger partial charge on any atom is 0.355 e. The molecular weight excluding hydrogens is 296 g/mol. The summed E-state index contributed by atoms with van der Waals surface area (Å²) in [6.45, 7) is 4.58. The van der Waals surface area contributed by atoms with Gasteiger partial charge in [-0.1, -0.05) is 13.8 Å². The fourth-order valence-electron chi connectivity index (χ4n) is 1.35. The molecule has 0 aliphatic carbocycles. The zero-order valence-electron chi connectivity index (χ0n) is 13.1. The van der Waals surface area contributed by atoms with Crippen LogP contribution >= 0.6 is 0 Å². The molecule has 0 fully saturated rings. The first-order valence-electron chi connectivity index (χ1n) is 7.15. The van der Waals surface area contributed by atoms with Gasteiger partial charge in [0.05, 0.1) is 6.42 Å². The van der Waals surface area contributed by atoms with E-state index in [1.807, 2.05) is 0 Å². The van der Waals surface area contributed by atoms with Crippen LogP contribution in [0.2, 0.25) is 0 Å². The van der Waals surface area contributed by atoms with Crippen LogP contribution in [0.5, 0.6) is 0 Å². The average Bonchev–Trinajstić information content (AvgIpc) is 2.44. The smallest absolute Gasteiger partial charge is 0.355 e. The van der Waals surface area contributed by atoms with Crippen molar-refractivity contribution in [3.05, 3.63) is 0 Å². The molecule has 0 saturated carbocycles. The number of carbonyl (C=O) groups excluding carboxylic acids is 4. The van der Waals surface area contributed by atoms with Crippen molar-refractivity contribution in [2.45, 2.75) is 65.6 Å². The highest BCUT2D eigenvalue weighted by molar-refractivity contribution is 5.72. The van der Waals surface area contributed by atoms with E-state index in [4.69, 9.17) is 9.47 Å². The molecule has 1 unspecified atom stereocenters. The molecule has 0 spiro atoms. The summed E-state index contributed by atoms with van der Waals surface area (Å²) < 4.78 is 9.72. The Balaban J connectivity index is 4.04. The van der Waals surface area contributed by atoms with E-state index in [0.29, 0.717) is 6.42 Å². The lowest BCUT2D eigenvalue weighted by atomic mass is 10.2. The van der Waals surface area contributed by atoms with Crippen LogP contribution < -0.4 is 0 Å². The van der Waals surface area contributed by atoms with Gasteiger partial charge in [-0.05, 0) is 12.8 Å². The normalized spacial score (nSPS) is 11.2. The van der Waals surface area contributed by atoms with Gasteiger partial charge in [-0.25, -0.2) is 19.4 Å². The third-order valence-corrected chi connectivity index (χ3v) is 2.35. The van der Waals surface area contributed by atoms with Crippen LogP contribution in [0, 0.1) is 0 Å². The van der Waals surface area contributed by atoms with Crippen LogP contribution in [-0.4, -0.2) is 30.2 Å². The molecule has 0 heterocycles. The van der Waals surface area contributed by atoms with Crippen LogP contribution in [0.1, 0.15) is 59.3 Å². The van der Waals surface area contributed by atoms with Crippen molar-refractivity contribution in [1.82, 2.24) is 0 Å². The second kappa shape index (κ2) is 11.5. The van der Waals surface area contributed by atoms with Gasteiger partial charge in [0.1, 0.15) is 0 Å². The Morgan fingerprint density at radius 3 is 1.95 bits per heavy atom. The molecule has 0 aliphatic heterocycles. The molecule has 0 aromatic heterocycles. The number of ether oxygens (including phenoxy) is 2. The number of esters is 2. The van der Waals surface area contributed by atoms with Crippen molar-refractivity contribution in [1.29, 1.82) is 0 Å². The van der Waals surface area contributed by atoms with Gasteiger partial charge in [-0.15, -0.1) is 0 Å². The second-order valence-corrected chi connectivity index (χ2v) is 4.44. The summed E-state index contributed by atoms with van der Waals surface area (Å²) in [5, 5.41) is 0. The van der Waals surface area contributed by atoms with Gasteiger partial charge in [0.15, 0.2) is 0 Å². The van der Waals surface area contributed by atoms with Crippen LogP contribution in [0.15, 0.2) is 0 Å². The molecule has 8 heteroatoms. The Hall–Kier alpha value is -2.12. The molecule has 0 amide bonds. The van der Waals surface area contributed by atoms with Crippen molar-refractivity contribution in [3.8, 4) is 0 Å². The SMILES string of the molecule is CCCC(=O)OOC(=O)CCCC(OC(C)=O)OC(=O)CC. The van der Waals surface area contributed by atoms with Gasteiger partial charge in [-0.2, -0.15) is 0 Å². The van der Waals surface area contributed by atoms with Crippen molar-refractivity contribution < 1.29 is 38.4 Å². The second-order valence-electron chi connectivity index (χ2n) is 4.44. The van der Waals surface area contributed by atoms with Gasteiger partial charge in [-0.3, -0.25) is 9.59 Å². The Bertz CT molecular complexity index is 390.